The maximum absolute atomic E-state index is 12.4. The number of hydrogen-bond acceptors (Lipinski definition) is 2. The largest absolute Gasteiger partial charge is 0.479 e. The van der Waals surface area contributed by atoms with Crippen molar-refractivity contribution < 1.29 is 9.53 Å². The zero-order valence-electron chi connectivity index (χ0n) is 12.9. The number of fused-ring (bicyclic) bond motifs is 1. The maximum atomic E-state index is 12.4. The van der Waals surface area contributed by atoms with Crippen LogP contribution in [0.15, 0.2) is 60.7 Å². The lowest BCUT2D eigenvalue weighted by atomic mass is 10.1. The second-order valence-electron chi connectivity index (χ2n) is 5.35. The van der Waals surface area contributed by atoms with Gasteiger partial charge < -0.3 is 10.1 Å². The van der Waals surface area contributed by atoms with Crippen LogP contribution in [0, 0.1) is 0 Å². The van der Waals surface area contributed by atoms with E-state index in [9.17, 15) is 4.79 Å². The van der Waals surface area contributed by atoms with Crippen LogP contribution in [0.2, 0.25) is 10.0 Å². The number of carbonyl (C=O) groups is 1. The van der Waals surface area contributed by atoms with E-state index in [0.717, 1.165) is 16.5 Å². The molecule has 3 aromatic rings. The first-order chi connectivity index (χ1) is 11.5. The van der Waals surface area contributed by atoms with Gasteiger partial charge in [0.15, 0.2) is 6.10 Å². The number of amides is 1. The Morgan fingerprint density at radius 2 is 1.79 bits per heavy atom. The molecular weight excluding hydrogens is 345 g/mol. The van der Waals surface area contributed by atoms with E-state index < -0.39 is 6.10 Å². The van der Waals surface area contributed by atoms with Crippen molar-refractivity contribution in [1.82, 2.24) is 0 Å². The predicted octanol–water partition coefficient (Wildman–Crippen LogP) is 5.55. The molecule has 0 aromatic heterocycles. The maximum Gasteiger partial charge on any atom is 0.265 e. The lowest BCUT2D eigenvalue weighted by molar-refractivity contribution is -0.122. The Labute approximate surface area is 150 Å². The number of halogens is 2. The van der Waals surface area contributed by atoms with Gasteiger partial charge in [0.05, 0.1) is 5.02 Å². The van der Waals surface area contributed by atoms with Crippen molar-refractivity contribution in [2.75, 3.05) is 5.32 Å². The van der Waals surface area contributed by atoms with E-state index >= 15 is 0 Å². The number of rotatable bonds is 4. The molecule has 0 aliphatic carbocycles. The highest BCUT2D eigenvalue weighted by Crippen LogP contribution is 2.29. The van der Waals surface area contributed by atoms with Gasteiger partial charge in [0.25, 0.3) is 5.91 Å². The highest BCUT2D eigenvalue weighted by molar-refractivity contribution is 6.35. The van der Waals surface area contributed by atoms with Crippen molar-refractivity contribution >= 4 is 45.6 Å². The van der Waals surface area contributed by atoms with Gasteiger partial charge >= 0.3 is 0 Å². The molecule has 1 atom stereocenters. The molecule has 0 fully saturated rings. The predicted molar refractivity (Wildman–Crippen MR) is 99.1 cm³/mol. The van der Waals surface area contributed by atoms with Crippen LogP contribution in [-0.2, 0) is 4.79 Å². The molecule has 3 nitrogen and oxygen atoms in total. The molecule has 1 amide bonds. The van der Waals surface area contributed by atoms with Crippen LogP contribution in [0.4, 0.5) is 5.69 Å². The molecule has 0 bridgehead atoms. The highest BCUT2D eigenvalue weighted by Gasteiger charge is 2.17. The summed E-state index contributed by atoms with van der Waals surface area (Å²) in [4.78, 5) is 12.4. The van der Waals surface area contributed by atoms with E-state index in [2.05, 4.69) is 5.32 Å². The summed E-state index contributed by atoms with van der Waals surface area (Å²) in [6.45, 7) is 1.67. The Morgan fingerprint density at radius 1 is 1.04 bits per heavy atom. The third-order valence-corrected chi connectivity index (χ3v) is 4.14. The van der Waals surface area contributed by atoms with Crippen LogP contribution in [0.1, 0.15) is 6.92 Å². The second kappa shape index (κ2) is 7.12. The van der Waals surface area contributed by atoms with Gasteiger partial charge in [-0.25, -0.2) is 0 Å². The van der Waals surface area contributed by atoms with E-state index in [1.165, 1.54) is 0 Å². The number of carbonyl (C=O) groups excluding carboxylic acids is 1. The van der Waals surface area contributed by atoms with Crippen molar-refractivity contribution in [3.63, 3.8) is 0 Å². The SMILES string of the molecule is C[C@H](Oc1ccc(Cl)cc1Cl)C(=O)Nc1cccc2ccccc12. The highest BCUT2D eigenvalue weighted by atomic mass is 35.5. The van der Waals surface area contributed by atoms with Crippen LogP contribution >= 0.6 is 23.2 Å². The summed E-state index contributed by atoms with van der Waals surface area (Å²) in [5.41, 5.74) is 0.746. The fraction of sp³-hybridized carbons (Fsp3) is 0.105. The fourth-order valence-corrected chi connectivity index (χ4v) is 2.84. The quantitative estimate of drug-likeness (QED) is 0.662. The normalized spacial score (nSPS) is 12.0. The minimum Gasteiger partial charge on any atom is -0.479 e. The lowest BCUT2D eigenvalue weighted by Gasteiger charge is -2.16. The van der Waals surface area contributed by atoms with Crippen molar-refractivity contribution in [3.05, 3.63) is 70.7 Å². The van der Waals surface area contributed by atoms with Gasteiger partial charge in [-0.2, -0.15) is 0 Å². The van der Waals surface area contributed by atoms with Crippen LogP contribution in [0.5, 0.6) is 5.75 Å². The van der Waals surface area contributed by atoms with Crippen molar-refractivity contribution in [2.24, 2.45) is 0 Å². The first-order valence-corrected chi connectivity index (χ1v) is 8.20. The van der Waals surface area contributed by atoms with Crippen LogP contribution < -0.4 is 10.1 Å². The molecule has 0 heterocycles. The molecule has 3 rings (SSSR count). The van der Waals surface area contributed by atoms with Crippen LogP contribution in [-0.4, -0.2) is 12.0 Å². The van der Waals surface area contributed by atoms with Gasteiger partial charge in [-0.3, -0.25) is 4.79 Å². The summed E-state index contributed by atoms with van der Waals surface area (Å²) < 4.78 is 5.64. The second-order valence-corrected chi connectivity index (χ2v) is 6.19. The molecule has 3 aromatic carbocycles. The van der Waals surface area contributed by atoms with E-state index in [1.54, 1.807) is 25.1 Å². The Hall–Kier alpha value is -2.23. The molecule has 0 radical (unpaired) electrons. The van der Waals surface area contributed by atoms with Gasteiger partial charge in [-0.15, -0.1) is 0 Å². The van der Waals surface area contributed by atoms with Crippen molar-refractivity contribution in [1.29, 1.82) is 0 Å². The number of anilines is 1. The number of benzene rings is 3. The molecule has 5 heteroatoms. The molecular formula is C19H15Cl2NO2. The summed E-state index contributed by atoms with van der Waals surface area (Å²) in [6.07, 6.45) is -0.706. The minimum atomic E-state index is -0.706. The van der Waals surface area contributed by atoms with Gasteiger partial charge in [0, 0.05) is 16.1 Å². The van der Waals surface area contributed by atoms with E-state index in [4.69, 9.17) is 27.9 Å². The third kappa shape index (κ3) is 3.64. The molecule has 0 unspecified atom stereocenters. The Bertz CT molecular complexity index is 890. The van der Waals surface area contributed by atoms with E-state index in [-0.39, 0.29) is 5.91 Å². The lowest BCUT2D eigenvalue weighted by Crippen LogP contribution is -2.30. The Morgan fingerprint density at radius 3 is 2.58 bits per heavy atom. The fourth-order valence-electron chi connectivity index (χ4n) is 2.38. The molecule has 0 spiro atoms. The van der Waals surface area contributed by atoms with Gasteiger partial charge in [0.1, 0.15) is 5.75 Å². The Kier molecular flexibility index (Phi) is 4.93. The van der Waals surface area contributed by atoms with E-state index in [1.807, 2.05) is 42.5 Å². The van der Waals surface area contributed by atoms with E-state index in [0.29, 0.717) is 15.8 Å². The summed E-state index contributed by atoms with van der Waals surface area (Å²) in [6, 6.07) is 18.5. The zero-order chi connectivity index (χ0) is 17.1. The van der Waals surface area contributed by atoms with Gasteiger partial charge in [0.2, 0.25) is 0 Å². The van der Waals surface area contributed by atoms with Crippen LogP contribution in [0.25, 0.3) is 10.8 Å². The average molecular weight is 360 g/mol. The Balaban J connectivity index is 1.76. The van der Waals surface area contributed by atoms with Crippen molar-refractivity contribution in [3.8, 4) is 5.75 Å². The summed E-state index contributed by atoms with van der Waals surface area (Å²) in [7, 11) is 0. The first-order valence-electron chi connectivity index (χ1n) is 7.45. The molecule has 122 valence electrons. The molecule has 1 N–H and O–H groups in total. The van der Waals surface area contributed by atoms with Gasteiger partial charge in [-0.05, 0) is 36.6 Å². The molecule has 0 saturated carbocycles. The third-order valence-electron chi connectivity index (χ3n) is 3.61. The zero-order valence-corrected chi connectivity index (χ0v) is 14.4. The number of ether oxygens (including phenoxy) is 1. The number of nitrogens with one attached hydrogen (secondary N) is 1. The average Bonchev–Trinajstić information content (AvgIpc) is 2.57. The number of hydrogen-bond donors (Lipinski definition) is 1. The monoisotopic (exact) mass is 359 g/mol. The molecule has 24 heavy (non-hydrogen) atoms. The molecule has 0 aliphatic rings. The van der Waals surface area contributed by atoms with Crippen LogP contribution in [0.3, 0.4) is 0 Å². The standard InChI is InChI=1S/C19H15Cl2NO2/c1-12(24-18-10-9-14(20)11-16(18)21)19(23)22-17-8-4-6-13-5-2-3-7-15(13)17/h2-12H,1H3,(H,22,23)/t12-/m0/s1. The first kappa shape index (κ1) is 16.6. The van der Waals surface area contributed by atoms with Gasteiger partial charge in [-0.1, -0.05) is 59.6 Å². The minimum absolute atomic E-state index is 0.252. The summed E-state index contributed by atoms with van der Waals surface area (Å²) >= 11 is 11.9. The summed E-state index contributed by atoms with van der Waals surface area (Å²) in [5, 5.41) is 5.82. The topological polar surface area (TPSA) is 38.3 Å². The molecule has 0 aliphatic heterocycles. The smallest absolute Gasteiger partial charge is 0.265 e. The summed E-state index contributed by atoms with van der Waals surface area (Å²) in [5.74, 6) is 0.166. The molecule has 0 saturated heterocycles. The van der Waals surface area contributed by atoms with Crippen molar-refractivity contribution in [2.45, 2.75) is 13.0 Å².